The monoisotopic (exact) mass is 1060 g/mol. The van der Waals surface area contributed by atoms with Crippen LogP contribution >= 0.6 is 7.82 Å². The van der Waals surface area contributed by atoms with Crippen molar-refractivity contribution < 1.29 is 32.9 Å². The Morgan fingerprint density at radius 3 is 1.19 bits per heavy atom. The average Bonchev–Trinajstić information content (AvgIpc) is 3.36. The lowest BCUT2D eigenvalue weighted by Crippen LogP contribution is -2.45. The first-order chi connectivity index (χ1) is 36.0. The summed E-state index contributed by atoms with van der Waals surface area (Å²) in [6.45, 7) is 4.73. The molecule has 0 bridgehead atoms. The number of carbonyl (C=O) groups excluding carboxylic acids is 1. The van der Waals surface area contributed by atoms with Crippen LogP contribution in [0.25, 0.3) is 0 Å². The molecular weight excluding hydrogens is 936 g/mol. The molecular formula is C65H122N2O6P+. The minimum atomic E-state index is -4.35. The number of phosphoric ester groups is 1. The van der Waals surface area contributed by atoms with Crippen LogP contribution in [0.3, 0.4) is 0 Å². The topological polar surface area (TPSA) is 105 Å². The summed E-state index contributed by atoms with van der Waals surface area (Å²) in [6.07, 6.45) is 77.3. The number of hydrogen-bond acceptors (Lipinski definition) is 5. The third-order valence-electron chi connectivity index (χ3n) is 13.9. The molecule has 432 valence electrons. The summed E-state index contributed by atoms with van der Waals surface area (Å²) in [5, 5.41) is 14.0. The Morgan fingerprint density at radius 2 is 0.811 bits per heavy atom. The van der Waals surface area contributed by atoms with Gasteiger partial charge in [-0.2, -0.15) is 0 Å². The molecule has 0 saturated heterocycles. The number of aliphatic hydroxyl groups is 1. The van der Waals surface area contributed by atoms with Crippen LogP contribution in [0.4, 0.5) is 0 Å². The number of carbonyl (C=O) groups is 1. The molecule has 0 aromatic carbocycles. The highest BCUT2D eigenvalue weighted by molar-refractivity contribution is 7.47. The maximum absolute atomic E-state index is 13.0. The summed E-state index contributed by atoms with van der Waals surface area (Å²) in [6, 6.07) is -0.849. The molecule has 3 atom stereocenters. The van der Waals surface area contributed by atoms with E-state index >= 15 is 0 Å². The highest BCUT2D eigenvalue weighted by Gasteiger charge is 2.27. The van der Waals surface area contributed by atoms with Crippen molar-refractivity contribution in [1.82, 2.24) is 5.32 Å². The molecule has 0 aromatic heterocycles. The van der Waals surface area contributed by atoms with Crippen LogP contribution in [0.15, 0.2) is 72.9 Å². The number of unbranched alkanes of at least 4 members (excludes halogenated alkanes) is 34. The molecule has 0 aliphatic heterocycles. The first-order valence-corrected chi connectivity index (χ1v) is 32.8. The second-order valence-electron chi connectivity index (χ2n) is 22.4. The van der Waals surface area contributed by atoms with Crippen molar-refractivity contribution in [3.8, 4) is 0 Å². The van der Waals surface area contributed by atoms with Gasteiger partial charge in [0.1, 0.15) is 13.2 Å². The third-order valence-corrected chi connectivity index (χ3v) is 14.9. The Morgan fingerprint density at radius 1 is 0.473 bits per heavy atom. The molecule has 8 nitrogen and oxygen atoms in total. The van der Waals surface area contributed by atoms with Crippen LogP contribution in [-0.4, -0.2) is 73.4 Å². The molecule has 0 rings (SSSR count). The average molecular weight is 1060 g/mol. The zero-order valence-corrected chi connectivity index (χ0v) is 50.2. The lowest BCUT2D eigenvalue weighted by molar-refractivity contribution is -0.870. The van der Waals surface area contributed by atoms with Crippen molar-refractivity contribution in [3.05, 3.63) is 72.9 Å². The van der Waals surface area contributed by atoms with Crippen molar-refractivity contribution >= 4 is 13.7 Å². The number of nitrogens with zero attached hydrogens (tertiary/aromatic N) is 1. The Hall–Kier alpha value is -2.06. The van der Waals surface area contributed by atoms with Gasteiger partial charge in [0.25, 0.3) is 0 Å². The summed E-state index contributed by atoms with van der Waals surface area (Å²) < 4.78 is 23.8. The molecule has 0 spiro atoms. The van der Waals surface area contributed by atoms with Crippen LogP contribution in [0.5, 0.6) is 0 Å². The van der Waals surface area contributed by atoms with Gasteiger partial charge in [0.05, 0.1) is 39.9 Å². The predicted octanol–water partition coefficient (Wildman–Crippen LogP) is 19.4. The SMILES string of the molecule is CC/C=C\C/C=C\C/C=C\C/C=C\C/C=C\CCCCCCCCCCCCCCCCCCCC(=O)NC(COP(=O)(O)OCC[N+](C)(C)C)C(O)/C=C/CCCCCCCCCCCCCCCCCCC. The highest BCUT2D eigenvalue weighted by Crippen LogP contribution is 2.43. The highest BCUT2D eigenvalue weighted by atomic mass is 31.2. The molecule has 1 amide bonds. The molecule has 3 unspecified atom stereocenters. The Balaban J connectivity index is 4.08. The van der Waals surface area contributed by atoms with Crippen molar-refractivity contribution in [2.24, 2.45) is 0 Å². The van der Waals surface area contributed by atoms with Gasteiger partial charge in [-0.05, 0) is 64.2 Å². The minimum Gasteiger partial charge on any atom is -0.387 e. The largest absolute Gasteiger partial charge is 0.472 e. The van der Waals surface area contributed by atoms with Crippen molar-refractivity contribution in [2.75, 3.05) is 40.9 Å². The molecule has 0 aliphatic rings. The number of amides is 1. The fraction of sp³-hybridized carbons (Fsp3) is 0.800. The van der Waals surface area contributed by atoms with Crippen LogP contribution < -0.4 is 5.32 Å². The van der Waals surface area contributed by atoms with Gasteiger partial charge < -0.3 is 19.8 Å². The van der Waals surface area contributed by atoms with Gasteiger partial charge in [0, 0.05) is 6.42 Å². The summed E-state index contributed by atoms with van der Waals surface area (Å²) in [4.78, 5) is 23.4. The smallest absolute Gasteiger partial charge is 0.387 e. The quantitative estimate of drug-likeness (QED) is 0.0243. The number of allylic oxidation sites excluding steroid dienone is 11. The molecule has 0 heterocycles. The standard InChI is InChI=1S/C65H121N2O6P/c1-6-8-10-12-14-16-18-20-22-24-26-27-28-29-30-31-32-33-34-35-36-37-38-39-41-43-45-47-49-51-53-55-57-59-65(69)66-63(62-73-74(70,71)72-61-60-67(3,4)5)64(68)58-56-54-52-50-48-46-44-42-40-25-23-21-19-17-15-13-11-9-7-2/h8,10,14,16,20,22,26-27,29-30,56,58,63-64,68H,6-7,9,11-13,15,17-19,21,23-25,28,31-55,57,59-62H2,1-5H3,(H-,66,69,70,71)/p+1/b10-8-,16-14-,22-20-,27-26-,30-29-,58-56+. The number of aliphatic hydroxyl groups excluding tert-OH is 1. The second kappa shape index (κ2) is 55.7. The van der Waals surface area contributed by atoms with Crippen molar-refractivity contribution in [1.29, 1.82) is 0 Å². The minimum absolute atomic E-state index is 0.0609. The number of nitrogens with one attached hydrogen (secondary N) is 1. The molecule has 74 heavy (non-hydrogen) atoms. The molecule has 3 N–H and O–H groups in total. The first kappa shape index (κ1) is 71.9. The fourth-order valence-electron chi connectivity index (χ4n) is 9.07. The van der Waals surface area contributed by atoms with E-state index in [0.717, 1.165) is 70.6 Å². The van der Waals surface area contributed by atoms with Crippen LogP contribution in [0.2, 0.25) is 0 Å². The molecule has 0 saturated carbocycles. The summed E-state index contributed by atoms with van der Waals surface area (Å²) in [5.41, 5.74) is 0. The summed E-state index contributed by atoms with van der Waals surface area (Å²) in [5.74, 6) is -0.175. The van der Waals surface area contributed by atoms with Gasteiger partial charge >= 0.3 is 7.82 Å². The van der Waals surface area contributed by atoms with Crippen molar-refractivity contribution in [2.45, 2.75) is 296 Å². The summed E-state index contributed by atoms with van der Waals surface area (Å²) >= 11 is 0. The van der Waals surface area contributed by atoms with E-state index in [0.29, 0.717) is 17.4 Å². The van der Waals surface area contributed by atoms with Gasteiger partial charge in [-0.15, -0.1) is 0 Å². The summed E-state index contributed by atoms with van der Waals surface area (Å²) in [7, 11) is 1.58. The van der Waals surface area contributed by atoms with E-state index in [1.165, 1.54) is 193 Å². The molecule has 0 fully saturated rings. The first-order valence-electron chi connectivity index (χ1n) is 31.3. The van der Waals surface area contributed by atoms with Gasteiger partial charge in [-0.3, -0.25) is 13.8 Å². The van der Waals surface area contributed by atoms with Crippen LogP contribution in [0, 0.1) is 0 Å². The van der Waals surface area contributed by atoms with Gasteiger partial charge in [0.15, 0.2) is 0 Å². The predicted molar refractivity (Wildman–Crippen MR) is 323 cm³/mol. The van der Waals surface area contributed by atoms with E-state index in [1.807, 2.05) is 27.2 Å². The third kappa shape index (κ3) is 57.6. The number of phosphoric acid groups is 1. The zero-order valence-electron chi connectivity index (χ0n) is 49.3. The number of rotatable bonds is 57. The number of hydrogen-bond donors (Lipinski definition) is 3. The van der Waals surface area contributed by atoms with Gasteiger partial charge in [-0.25, -0.2) is 4.57 Å². The van der Waals surface area contributed by atoms with E-state index in [9.17, 15) is 19.4 Å². The normalized spacial score (nSPS) is 14.3. The maximum Gasteiger partial charge on any atom is 0.472 e. The Labute approximate surface area is 459 Å². The van der Waals surface area contributed by atoms with Gasteiger partial charge in [0.2, 0.25) is 5.91 Å². The molecule has 9 heteroatoms. The zero-order chi connectivity index (χ0) is 54.2. The van der Waals surface area contributed by atoms with E-state index in [-0.39, 0.29) is 19.1 Å². The van der Waals surface area contributed by atoms with Crippen LogP contribution in [0.1, 0.15) is 284 Å². The Kier molecular flexibility index (Phi) is 54.1. The van der Waals surface area contributed by atoms with E-state index in [1.54, 1.807) is 6.08 Å². The van der Waals surface area contributed by atoms with Crippen molar-refractivity contribution in [3.63, 3.8) is 0 Å². The van der Waals surface area contributed by atoms with E-state index in [4.69, 9.17) is 9.05 Å². The van der Waals surface area contributed by atoms with Gasteiger partial charge in [-0.1, -0.05) is 286 Å². The number of likely N-dealkylation sites (N-methyl/N-ethyl adjacent to an activating group) is 1. The lowest BCUT2D eigenvalue weighted by atomic mass is 10.0. The Bertz CT molecular complexity index is 1430. The maximum atomic E-state index is 13.0. The second-order valence-corrected chi connectivity index (χ2v) is 23.9. The number of quaternary nitrogens is 1. The van der Waals surface area contributed by atoms with E-state index in [2.05, 4.69) is 79.9 Å². The molecule has 0 aromatic rings. The molecule has 0 radical (unpaired) electrons. The van der Waals surface area contributed by atoms with E-state index < -0.39 is 20.0 Å². The fourth-order valence-corrected chi connectivity index (χ4v) is 9.81. The van der Waals surface area contributed by atoms with Crippen LogP contribution in [-0.2, 0) is 18.4 Å². The molecule has 0 aliphatic carbocycles. The lowest BCUT2D eigenvalue weighted by Gasteiger charge is -2.25.